The molecule has 0 amide bonds. The smallest absolute Gasteiger partial charge is 0.107 e. The number of rotatable bonds is 4. The van der Waals surface area contributed by atoms with Gasteiger partial charge in [0.05, 0.1) is 23.7 Å². The molecule has 0 unspecified atom stereocenters. The lowest BCUT2D eigenvalue weighted by Crippen LogP contribution is -2.32. The molecule has 1 aliphatic carbocycles. The van der Waals surface area contributed by atoms with Crippen LogP contribution < -0.4 is 0 Å². The van der Waals surface area contributed by atoms with Crippen LogP contribution in [-0.4, -0.2) is 28.1 Å². The summed E-state index contributed by atoms with van der Waals surface area (Å²) in [5.74, 6) is 1.53. The fraction of sp³-hybridized carbons (Fsp3) is 0.786. The molecule has 0 bridgehead atoms. The van der Waals surface area contributed by atoms with Crippen LogP contribution in [0.15, 0.2) is 0 Å². The van der Waals surface area contributed by atoms with E-state index in [1.807, 2.05) is 0 Å². The summed E-state index contributed by atoms with van der Waals surface area (Å²) in [6.45, 7) is 5.90. The third-order valence-electron chi connectivity index (χ3n) is 4.11. The highest BCUT2D eigenvalue weighted by atomic mass is 32.1. The molecule has 0 radical (unpaired) electrons. The maximum absolute atomic E-state index is 9.41. The van der Waals surface area contributed by atoms with Crippen molar-refractivity contribution in [1.82, 2.24) is 9.88 Å². The van der Waals surface area contributed by atoms with Gasteiger partial charge in [-0.3, -0.25) is 4.90 Å². The molecule has 3 rings (SSSR count). The van der Waals surface area contributed by atoms with E-state index in [1.54, 1.807) is 11.3 Å². The van der Waals surface area contributed by atoms with Gasteiger partial charge in [0.15, 0.2) is 0 Å². The van der Waals surface area contributed by atoms with Crippen LogP contribution in [0, 0.1) is 5.92 Å². The fourth-order valence-corrected chi connectivity index (χ4v) is 3.74. The molecular weight excluding hydrogens is 244 g/mol. The zero-order valence-corrected chi connectivity index (χ0v) is 11.9. The van der Waals surface area contributed by atoms with Crippen molar-refractivity contribution in [3.8, 4) is 0 Å². The van der Waals surface area contributed by atoms with Crippen LogP contribution in [0.25, 0.3) is 0 Å². The second kappa shape index (κ2) is 5.27. The zero-order chi connectivity index (χ0) is 12.5. The minimum Gasteiger partial charge on any atom is -0.391 e. The summed E-state index contributed by atoms with van der Waals surface area (Å²) in [5, 5.41) is 10.6. The lowest BCUT2D eigenvalue weighted by atomic mass is 9.99. The van der Waals surface area contributed by atoms with Gasteiger partial charge in [-0.15, -0.1) is 11.3 Å². The normalized spacial score (nSPS) is 22.6. The van der Waals surface area contributed by atoms with Gasteiger partial charge in [-0.1, -0.05) is 6.92 Å². The molecule has 2 fully saturated rings. The van der Waals surface area contributed by atoms with Crippen molar-refractivity contribution in [2.24, 2.45) is 5.92 Å². The number of nitrogens with zero attached hydrogens (tertiary/aromatic N) is 2. The van der Waals surface area contributed by atoms with E-state index in [-0.39, 0.29) is 6.61 Å². The lowest BCUT2D eigenvalue weighted by Gasteiger charge is -2.29. The Morgan fingerprint density at radius 2 is 2.00 bits per heavy atom. The molecule has 4 heteroatoms. The molecule has 2 heterocycles. The molecule has 0 spiro atoms. The Balaban J connectivity index is 1.65. The van der Waals surface area contributed by atoms with Gasteiger partial charge in [0.25, 0.3) is 0 Å². The van der Waals surface area contributed by atoms with Gasteiger partial charge in [-0.05, 0) is 44.7 Å². The highest BCUT2D eigenvalue weighted by Gasteiger charge is 2.29. The van der Waals surface area contributed by atoms with Crippen molar-refractivity contribution in [3.63, 3.8) is 0 Å². The monoisotopic (exact) mass is 266 g/mol. The van der Waals surface area contributed by atoms with Gasteiger partial charge in [-0.25, -0.2) is 4.98 Å². The number of thiazole rings is 1. The second-order valence-corrected chi connectivity index (χ2v) is 6.98. The number of aliphatic hydroxyl groups excluding tert-OH is 1. The molecule has 0 atom stereocenters. The molecule has 1 saturated heterocycles. The SMILES string of the molecule is CC1CCN(Cc2nc(C3CC3)c(CO)s2)CC1. The predicted molar refractivity (Wildman–Crippen MR) is 73.7 cm³/mol. The minimum atomic E-state index is 0.167. The van der Waals surface area contributed by atoms with Gasteiger partial charge >= 0.3 is 0 Å². The molecule has 1 aromatic heterocycles. The van der Waals surface area contributed by atoms with Crippen LogP contribution in [0.3, 0.4) is 0 Å². The Hall–Kier alpha value is -0.450. The first-order valence-electron chi connectivity index (χ1n) is 7.08. The third kappa shape index (κ3) is 2.76. The largest absolute Gasteiger partial charge is 0.391 e. The Bertz CT molecular complexity index is 406. The van der Waals surface area contributed by atoms with Gasteiger partial charge < -0.3 is 5.11 Å². The number of aromatic nitrogens is 1. The van der Waals surface area contributed by atoms with Crippen molar-refractivity contribution in [1.29, 1.82) is 0 Å². The molecule has 0 aromatic carbocycles. The predicted octanol–water partition coefficient (Wildman–Crippen LogP) is 2.74. The topological polar surface area (TPSA) is 36.4 Å². The second-order valence-electron chi connectivity index (χ2n) is 5.81. The van der Waals surface area contributed by atoms with Gasteiger partial charge in [-0.2, -0.15) is 0 Å². The lowest BCUT2D eigenvalue weighted by molar-refractivity contribution is 0.185. The van der Waals surface area contributed by atoms with E-state index < -0.39 is 0 Å². The zero-order valence-electron chi connectivity index (χ0n) is 11.1. The van der Waals surface area contributed by atoms with E-state index in [2.05, 4.69) is 11.8 Å². The van der Waals surface area contributed by atoms with Gasteiger partial charge in [0.2, 0.25) is 0 Å². The van der Waals surface area contributed by atoms with Crippen LogP contribution in [0.1, 0.15) is 54.1 Å². The Morgan fingerprint density at radius 1 is 1.28 bits per heavy atom. The van der Waals surface area contributed by atoms with E-state index in [0.717, 1.165) is 17.3 Å². The molecule has 1 aliphatic heterocycles. The molecule has 2 aliphatic rings. The highest BCUT2D eigenvalue weighted by molar-refractivity contribution is 7.11. The average molecular weight is 266 g/mol. The van der Waals surface area contributed by atoms with Crippen LogP contribution in [-0.2, 0) is 13.2 Å². The molecule has 18 heavy (non-hydrogen) atoms. The molecule has 1 saturated carbocycles. The van der Waals surface area contributed by atoms with Gasteiger partial charge in [0, 0.05) is 5.92 Å². The van der Waals surface area contributed by atoms with Gasteiger partial charge in [0.1, 0.15) is 5.01 Å². The van der Waals surface area contributed by atoms with Crippen molar-refractivity contribution < 1.29 is 5.11 Å². The van der Waals surface area contributed by atoms with Crippen molar-refractivity contribution in [2.45, 2.75) is 51.7 Å². The van der Waals surface area contributed by atoms with Crippen molar-refractivity contribution in [2.75, 3.05) is 13.1 Å². The standard InChI is InChI=1S/C14H22N2OS/c1-10-4-6-16(7-5-10)8-13-15-14(11-2-3-11)12(9-17)18-13/h10-11,17H,2-9H2,1H3. The van der Waals surface area contributed by atoms with E-state index >= 15 is 0 Å². The fourth-order valence-electron chi connectivity index (χ4n) is 2.68. The molecule has 100 valence electrons. The summed E-state index contributed by atoms with van der Waals surface area (Å²) in [6, 6.07) is 0. The summed E-state index contributed by atoms with van der Waals surface area (Å²) < 4.78 is 0. The van der Waals surface area contributed by atoms with Crippen LogP contribution in [0.2, 0.25) is 0 Å². The first-order chi connectivity index (χ1) is 8.76. The van der Waals surface area contributed by atoms with E-state index in [4.69, 9.17) is 4.98 Å². The minimum absolute atomic E-state index is 0.167. The Labute approximate surface area is 113 Å². The summed E-state index contributed by atoms with van der Waals surface area (Å²) >= 11 is 1.72. The Kier molecular flexibility index (Phi) is 3.68. The highest BCUT2D eigenvalue weighted by Crippen LogP contribution is 2.42. The summed E-state index contributed by atoms with van der Waals surface area (Å²) in [4.78, 5) is 8.39. The Morgan fingerprint density at radius 3 is 2.61 bits per heavy atom. The summed E-state index contributed by atoms with van der Waals surface area (Å²) in [5.41, 5.74) is 1.20. The molecule has 1 aromatic rings. The van der Waals surface area contributed by atoms with E-state index in [9.17, 15) is 5.11 Å². The number of piperidine rings is 1. The first kappa shape index (κ1) is 12.6. The molecule has 3 nitrogen and oxygen atoms in total. The summed E-state index contributed by atoms with van der Waals surface area (Å²) in [6.07, 6.45) is 5.15. The average Bonchev–Trinajstić information content (AvgIpc) is 3.14. The molecular formula is C14H22N2OS. The molecule has 1 N–H and O–H groups in total. The first-order valence-corrected chi connectivity index (χ1v) is 7.89. The van der Waals surface area contributed by atoms with Crippen LogP contribution >= 0.6 is 11.3 Å². The number of hydrogen-bond acceptors (Lipinski definition) is 4. The maximum Gasteiger partial charge on any atom is 0.107 e. The summed E-state index contributed by atoms with van der Waals surface area (Å²) in [7, 11) is 0. The number of likely N-dealkylation sites (tertiary alicyclic amines) is 1. The van der Waals surface area contributed by atoms with Crippen LogP contribution in [0.5, 0.6) is 0 Å². The quantitative estimate of drug-likeness (QED) is 0.910. The number of aliphatic hydroxyl groups is 1. The van der Waals surface area contributed by atoms with E-state index in [1.165, 1.54) is 49.5 Å². The van der Waals surface area contributed by atoms with Crippen molar-refractivity contribution in [3.05, 3.63) is 15.6 Å². The van der Waals surface area contributed by atoms with Crippen molar-refractivity contribution >= 4 is 11.3 Å². The third-order valence-corrected chi connectivity index (χ3v) is 5.16. The number of hydrogen-bond donors (Lipinski definition) is 1. The van der Waals surface area contributed by atoms with E-state index in [0.29, 0.717) is 5.92 Å². The van der Waals surface area contributed by atoms with Crippen LogP contribution in [0.4, 0.5) is 0 Å². The maximum atomic E-state index is 9.41.